The minimum Gasteiger partial charge on any atom is -0.346 e. The lowest BCUT2D eigenvalue weighted by molar-refractivity contribution is -0.384. The van der Waals surface area contributed by atoms with Crippen molar-refractivity contribution in [1.82, 2.24) is 20.1 Å². The van der Waals surface area contributed by atoms with Crippen molar-refractivity contribution in [1.29, 1.82) is 0 Å². The summed E-state index contributed by atoms with van der Waals surface area (Å²) < 4.78 is 15.0. The van der Waals surface area contributed by atoms with E-state index in [1.807, 2.05) is 6.92 Å². The van der Waals surface area contributed by atoms with Gasteiger partial charge in [-0.25, -0.2) is 4.39 Å². The van der Waals surface area contributed by atoms with Crippen molar-refractivity contribution < 1.29 is 14.1 Å². The lowest BCUT2D eigenvalue weighted by Gasteiger charge is -2.16. The summed E-state index contributed by atoms with van der Waals surface area (Å²) >= 11 is 1.41. The number of benzene rings is 2. The molecule has 2 aromatic carbocycles. The summed E-state index contributed by atoms with van der Waals surface area (Å²) in [6.45, 7) is 3.91. The summed E-state index contributed by atoms with van der Waals surface area (Å²) in [6.07, 6.45) is 3.29. The number of thioether (sulfide) groups is 1. The molecular formula is C23H26FN5O3S. The van der Waals surface area contributed by atoms with Crippen molar-refractivity contribution in [2.24, 2.45) is 0 Å². The highest BCUT2D eigenvalue weighted by Crippen LogP contribution is 2.28. The van der Waals surface area contributed by atoms with E-state index in [9.17, 15) is 19.3 Å². The van der Waals surface area contributed by atoms with Gasteiger partial charge in [0, 0.05) is 30.0 Å². The maximum absolute atomic E-state index is 13.2. The van der Waals surface area contributed by atoms with Gasteiger partial charge in [0.15, 0.2) is 11.0 Å². The molecule has 0 aliphatic rings. The molecule has 0 spiro atoms. The summed E-state index contributed by atoms with van der Waals surface area (Å²) in [4.78, 5) is 22.9. The van der Waals surface area contributed by atoms with Crippen LogP contribution in [0.3, 0.4) is 0 Å². The Kier molecular flexibility index (Phi) is 8.53. The van der Waals surface area contributed by atoms with E-state index in [1.165, 1.54) is 36.0 Å². The van der Waals surface area contributed by atoms with Crippen LogP contribution >= 0.6 is 11.8 Å². The van der Waals surface area contributed by atoms with Crippen molar-refractivity contribution in [2.45, 2.75) is 56.5 Å². The Morgan fingerprint density at radius 1 is 1.15 bits per heavy atom. The number of non-ortho nitro benzene ring substituents is 1. The van der Waals surface area contributed by atoms with Crippen molar-refractivity contribution in [3.05, 3.63) is 75.9 Å². The lowest BCUT2D eigenvalue weighted by atomic mass is 10.2. The van der Waals surface area contributed by atoms with Gasteiger partial charge in [0.1, 0.15) is 5.82 Å². The number of nitrogens with zero attached hydrogens (tertiary/aromatic N) is 4. The zero-order valence-corrected chi connectivity index (χ0v) is 19.3. The van der Waals surface area contributed by atoms with Crippen LogP contribution in [0.1, 0.15) is 57.0 Å². The highest BCUT2D eigenvalue weighted by atomic mass is 32.2. The van der Waals surface area contributed by atoms with E-state index in [1.54, 1.807) is 28.8 Å². The van der Waals surface area contributed by atoms with E-state index in [0.717, 1.165) is 24.8 Å². The first-order valence-electron chi connectivity index (χ1n) is 10.8. The van der Waals surface area contributed by atoms with Crippen LogP contribution in [0.5, 0.6) is 0 Å². The molecule has 0 aliphatic carbocycles. The van der Waals surface area contributed by atoms with E-state index in [0.29, 0.717) is 28.8 Å². The van der Waals surface area contributed by atoms with Gasteiger partial charge in [-0.3, -0.25) is 19.5 Å². The van der Waals surface area contributed by atoms with Crippen molar-refractivity contribution in [3.63, 3.8) is 0 Å². The molecule has 1 unspecified atom stereocenters. The second kappa shape index (κ2) is 11.6. The number of unbranched alkanes of at least 4 members (excludes halogenated alkanes) is 2. The molecule has 174 valence electrons. The van der Waals surface area contributed by atoms with Crippen molar-refractivity contribution in [3.8, 4) is 5.69 Å². The number of carbonyl (C=O) groups excluding carboxylic acids is 1. The summed E-state index contributed by atoms with van der Waals surface area (Å²) in [5, 5.41) is 23.2. The highest BCUT2D eigenvalue weighted by Gasteiger charge is 2.21. The average molecular weight is 472 g/mol. The van der Waals surface area contributed by atoms with Crippen LogP contribution in [0.2, 0.25) is 0 Å². The minimum absolute atomic E-state index is 0.0221. The summed E-state index contributed by atoms with van der Waals surface area (Å²) in [5.41, 5.74) is 1.54. The Hall–Kier alpha value is -3.27. The molecule has 0 saturated heterocycles. The largest absolute Gasteiger partial charge is 0.346 e. The first kappa shape index (κ1) is 24.4. The van der Waals surface area contributed by atoms with E-state index in [2.05, 4.69) is 22.4 Å². The van der Waals surface area contributed by atoms with Gasteiger partial charge in [-0.2, -0.15) is 0 Å². The van der Waals surface area contributed by atoms with E-state index >= 15 is 0 Å². The number of nitro groups is 1. The summed E-state index contributed by atoms with van der Waals surface area (Å²) in [7, 11) is 0. The molecular weight excluding hydrogens is 445 g/mol. The molecule has 1 heterocycles. The normalized spacial score (nSPS) is 11.8. The third kappa shape index (κ3) is 6.61. The predicted octanol–water partition coefficient (Wildman–Crippen LogP) is 5.36. The SMILES string of the molecule is CCCCCC(=O)NC(C)c1nnc(SCc2ccc(F)cc2)n1-c1ccc([N+](=O)[O-])cc1. The molecule has 3 rings (SSSR count). The standard InChI is InChI=1S/C23H26FN5O3S/c1-3-4-5-6-21(30)25-16(2)22-26-27-23(33-15-17-7-9-18(24)10-8-17)28(22)19-11-13-20(14-12-19)29(31)32/h7-14,16H,3-6,15H2,1-2H3,(H,25,30). The fraction of sp³-hybridized carbons (Fsp3) is 0.348. The zero-order chi connectivity index (χ0) is 23.8. The third-order valence-corrected chi connectivity index (χ3v) is 6.03. The fourth-order valence-electron chi connectivity index (χ4n) is 3.26. The van der Waals surface area contributed by atoms with Gasteiger partial charge in [0.2, 0.25) is 5.91 Å². The lowest BCUT2D eigenvalue weighted by Crippen LogP contribution is -2.28. The molecule has 1 aromatic heterocycles. The predicted molar refractivity (Wildman–Crippen MR) is 125 cm³/mol. The van der Waals surface area contributed by atoms with Crippen LogP contribution in [0.4, 0.5) is 10.1 Å². The van der Waals surface area contributed by atoms with Crippen LogP contribution in [0.25, 0.3) is 5.69 Å². The van der Waals surface area contributed by atoms with E-state index in [-0.39, 0.29) is 17.4 Å². The Morgan fingerprint density at radius 2 is 1.85 bits per heavy atom. The smallest absolute Gasteiger partial charge is 0.269 e. The molecule has 0 bridgehead atoms. The Labute approximate surface area is 195 Å². The quantitative estimate of drug-likeness (QED) is 0.175. The second-order valence-electron chi connectivity index (χ2n) is 7.61. The molecule has 8 nitrogen and oxygen atoms in total. The molecule has 1 N–H and O–H groups in total. The van der Waals surface area contributed by atoms with E-state index < -0.39 is 11.0 Å². The molecule has 0 aliphatic heterocycles. The van der Waals surface area contributed by atoms with E-state index in [4.69, 9.17) is 0 Å². The molecule has 3 aromatic rings. The summed E-state index contributed by atoms with van der Waals surface area (Å²) in [5.74, 6) is 0.691. The van der Waals surface area contributed by atoms with Gasteiger partial charge in [-0.15, -0.1) is 10.2 Å². The van der Waals surface area contributed by atoms with Gasteiger partial charge in [0.25, 0.3) is 5.69 Å². The average Bonchev–Trinajstić information content (AvgIpc) is 3.23. The molecule has 0 radical (unpaired) electrons. The van der Waals surface area contributed by atoms with Gasteiger partial charge < -0.3 is 5.32 Å². The Morgan fingerprint density at radius 3 is 2.48 bits per heavy atom. The molecule has 1 atom stereocenters. The highest BCUT2D eigenvalue weighted by molar-refractivity contribution is 7.98. The number of nitrogens with one attached hydrogen (secondary N) is 1. The number of carbonyl (C=O) groups is 1. The van der Waals surface area contributed by atoms with Crippen LogP contribution in [-0.4, -0.2) is 25.6 Å². The number of aromatic nitrogens is 3. The molecule has 10 heteroatoms. The topological polar surface area (TPSA) is 103 Å². The van der Waals surface area contributed by atoms with Crippen LogP contribution in [0, 0.1) is 15.9 Å². The van der Waals surface area contributed by atoms with Crippen molar-refractivity contribution >= 4 is 23.4 Å². The van der Waals surface area contributed by atoms with Gasteiger partial charge in [-0.05, 0) is 43.2 Å². The maximum atomic E-state index is 13.2. The Balaban J connectivity index is 1.86. The molecule has 0 saturated carbocycles. The fourth-order valence-corrected chi connectivity index (χ4v) is 4.18. The third-order valence-electron chi connectivity index (χ3n) is 5.03. The monoisotopic (exact) mass is 471 g/mol. The first-order chi connectivity index (χ1) is 15.9. The molecule has 0 fully saturated rings. The zero-order valence-electron chi connectivity index (χ0n) is 18.5. The number of halogens is 1. The number of hydrogen-bond donors (Lipinski definition) is 1. The number of hydrogen-bond acceptors (Lipinski definition) is 6. The second-order valence-corrected chi connectivity index (χ2v) is 8.55. The van der Waals surface area contributed by atoms with Gasteiger partial charge in [-0.1, -0.05) is 43.7 Å². The van der Waals surface area contributed by atoms with Crippen molar-refractivity contribution in [2.75, 3.05) is 0 Å². The van der Waals surface area contributed by atoms with Crippen LogP contribution < -0.4 is 5.32 Å². The van der Waals surface area contributed by atoms with Gasteiger partial charge in [0.05, 0.1) is 11.0 Å². The Bertz CT molecular complexity index is 1090. The number of amides is 1. The number of rotatable bonds is 11. The van der Waals surface area contributed by atoms with Crippen LogP contribution in [-0.2, 0) is 10.5 Å². The first-order valence-corrected chi connectivity index (χ1v) is 11.7. The van der Waals surface area contributed by atoms with Gasteiger partial charge >= 0.3 is 0 Å². The molecule has 1 amide bonds. The maximum Gasteiger partial charge on any atom is 0.269 e. The minimum atomic E-state index is -0.458. The van der Waals surface area contributed by atoms with Crippen LogP contribution in [0.15, 0.2) is 53.7 Å². The summed E-state index contributed by atoms with van der Waals surface area (Å²) in [6, 6.07) is 11.9. The number of nitro benzene ring substituents is 1. The molecule has 33 heavy (non-hydrogen) atoms.